The van der Waals surface area contributed by atoms with E-state index in [-0.39, 0.29) is 29.6 Å². The van der Waals surface area contributed by atoms with Crippen LogP contribution in [0.1, 0.15) is 69.3 Å². The van der Waals surface area contributed by atoms with E-state index in [2.05, 4.69) is 5.32 Å². The Labute approximate surface area is 177 Å². The minimum absolute atomic E-state index is 0.125. The number of ether oxygens (including phenoxy) is 2. The highest BCUT2D eigenvalue weighted by Crippen LogP contribution is 2.31. The molecule has 1 amide bonds. The smallest absolute Gasteiger partial charge is 0.534 e. The number of unbranched alkanes of at least 4 members (excludes halogenated alkanes) is 1. The summed E-state index contributed by atoms with van der Waals surface area (Å²) in [7, 11) is -1.30. The van der Waals surface area contributed by atoms with Gasteiger partial charge in [0.15, 0.2) is 0 Å². The number of carbonyl (C=O) groups excluding carboxylic acids is 3. The highest BCUT2D eigenvalue weighted by atomic mass is 16.7. The highest BCUT2D eigenvalue weighted by molar-refractivity contribution is 6.47. The largest absolute Gasteiger partial charge is 0.547 e. The van der Waals surface area contributed by atoms with Crippen molar-refractivity contribution in [3.05, 3.63) is 29.3 Å². The average Bonchev–Trinajstić information content (AvgIpc) is 2.71. The maximum Gasteiger partial charge on any atom is 0.547 e. The van der Waals surface area contributed by atoms with E-state index < -0.39 is 31.3 Å². The van der Waals surface area contributed by atoms with Crippen molar-refractivity contribution in [2.45, 2.75) is 72.0 Å². The quantitative estimate of drug-likeness (QED) is 0.359. The van der Waals surface area contributed by atoms with Crippen molar-refractivity contribution in [3.63, 3.8) is 0 Å². The number of hydrogen-bond acceptors (Lipinski definition) is 7. The number of amides is 1. The summed E-state index contributed by atoms with van der Waals surface area (Å²) in [5.74, 6) is -1.98. The first kappa shape index (κ1) is 23.7. The van der Waals surface area contributed by atoms with Crippen LogP contribution in [0.5, 0.6) is 5.75 Å². The van der Waals surface area contributed by atoms with Crippen LogP contribution in [0.4, 0.5) is 0 Å². The average molecular weight is 419 g/mol. The van der Waals surface area contributed by atoms with E-state index >= 15 is 0 Å². The van der Waals surface area contributed by atoms with Crippen LogP contribution in [0.15, 0.2) is 18.2 Å². The number of rotatable bonds is 9. The second-order valence-corrected chi connectivity index (χ2v) is 7.65. The van der Waals surface area contributed by atoms with Gasteiger partial charge in [-0.05, 0) is 24.5 Å². The van der Waals surface area contributed by atoms with E-state index in [0.717, 1.165) is 12.8 Å². The zero-order valence-corrected chi connectivity index (χ0v) is 18.0. The van der Waals surface area contributed by atoms with Gasteiger partial charge >= 0.3 is 19.1 Å². The Morgan fingerprint density at radius 3 is 2.63 bits per heavy atom. The monoisotopic (exact) mass is 419 g/mol. The third-order valence-electron chi connectivity index (χ3n) is 4.75. The highest BCUT2D eigenvalue weighted by Gasteiger charge is 2.38. The van der Waals surface area contributed by atoms with Crippen molar-refractivity contribution in [1.29, 1.82) is 0 Å². The molecule has 0 spiro atoms. The molecule has 1 unspecified atom stereocenters. The fraction of sp³-hybridized carbons (Fsp3) is 0.571. The van der Waals surface area contributed by atoms with Crippen LogP contribution in [-0.4, -0.2) is 42.2 Å². The topological polar surface area (TPSA) is 111 Å². The number of para-hydroxylation sites is 1. The van der Waals surface area contributed by atoms with Gasteiger partial charge in [-0.15, -0.1) is 0 Å². The second kappa shape index (κ2) is 11.0. The van der Waals surface area contributed by atoms with Crippen LogP contribution >= 0.6 is 0 Å². The summed E-state index contributed by atoms with van der Waals surface area (Å²) in [6.07, 6.45) is 1.50. The van der Waals surface area contributed by atoms with Gasteiger partial charge in [0, 0.05) is 18.8 Å². The molecule has 0 radical (unpaired) electrons. The van der Waals surface area contributed by atoms with Gasteiger partial charge in [0.25, 0.3) is 0 Å². The third-order valence-corrected chi connectivity index (χ3v) is 4.75. The predicted octanol–water partition coefficient (Wildman–Crippen LogP) is 2.41. The Balaban J connectivity index is 2.14. The van der Waals surface area contributed by atoms with Gasteiger partial charge in [0.1, 0.15) is 11.3 Å². The maximum atomic E-state index is 12.7. The van der Waals surface area contributed by atoms with Crippen LogP contribution in [0, 0.1) is 5.92 Å². The molecule has 164 valence electrons. The van der Waals surface area contributed by atoms with Crippen molar-refractivity contribution in [2.75, 3.05) is 0 Å². The minimum atomic E-state index is -1.30. The molecular formula is C21H30BNO7. The van der Waals surface area contributed by atoms with Crippen LogP contribution < -0.4 is 9.97 Å². The van der Waals surface area contributed by atoms with Crippen molar-refractivity contribution in [3.8, 4) is 5.75 Å². The first-order valence-corrected chi connectivity index (χ1v) is 10.4. The number of carbonyl (C=O) groups is 3. The summed E-state index contributed by atoms with van der Waals surface area (Å²) in [5.41, 5.74) is 0.794. The van der Waals surface area contributed by atoms with Crippen molar-refractivity contribution >= 4 is 25.0 Å². The summed E-state index contributed by atoms with van der Waals surface area (Å²) < 4.78 is 16.2. The van der Waals surface area contributed by atoms with Gasteiger partial charge in [-0.2, -0.15) is 0 Å². The molecule has 8 nitrogen and oxygen atoms in total. The van der Waals surface area contributed by atoms with Crippen LogP contribution in [0.2, 0.25) is 0 Å². The van der Waals surface area contributed by atoms with Crippen molar-refractivity contribution in [2.24, 2.45) is 5.92 Å². The molecule has 2 atom stereocenters. The Bertz CT molecular complexity index is 768. The molecule has 2 N–H and O–H groups in total. The summed E-state index contributed by atoms with van der Waals surface area (Å²) in [6, 6.07) is 4.96. The fourth-order valence-electron chi connectivity index (χ4n) is 3.00. The maximum absolute atomic E-state index is 12.7. The second-order valence-electron chi connectivity index (χ2n) is 7.65. The van der Waals surface area contributed by atoms with E-state index in [1.165, 1.54) is 6.07 Å². The van der Waals surface area contributed by atoms with Crippen LogP contribution in [0.25, 0.3) is 0 Å². The standard InChI is InChI=1S/C21H30BNO7/c1-5-7-11-17(24)23-16-12-14-9-8-10-15(19(14)30-22(16)27)20(26)29-21(13(3)4)28-18(25)6-2/h8-10,13,16,21,27H,5-7,11-12H2,1-4H3,(H,23,24)/t16-,21?/m0/s1. The number of hydrogen-bond donors (Lipinski definition) is 2. The lowest BCUT2D eigenvalue weighted by Crippen LogP contribution is -2.53. The molecule has 30 heavy (non-hydrogen) atoms. The normalized spacial score (nSPS) is 16.3. The number of nitrogens with one attached hydrogen (secondary N) is 1. The van der Waals surface area contributed by atoms with E-state index in [0.29, 0.717) is 18.4 Å². The molecule has 0 aromatic heterocycles. The zero-order chi connectivity index (χ0) is 22.3. The van der Waals surface area contributed by atoms with E-state index in [1.807, 2.05) is 6.92 Å². The summed E-state index contributed by atoms with van der Waals surface area (Å²) >= 11 is 0. The number of benzene rings is 1. The molecule has 1 heterocycles. The van der Waals surface area contributed by atoms with Crippen molar-refractivity contribution < 1.29 is 33.5 Å². The molecule has 1 aromatic rings. The molecule has 9 heteroatoms. The molecule has 2 rings (SSSR count). The molecule has 0 bridgehead atoms. The first-order valence-electron chi connectivity index (χ1n) is 10.4. The van der Waals surface area contributed by atoms with Crippen LogP contribution in [-0.2, 0) is 25.5 Å². The van der Waals surface area contributed by atoms with Crippen molar-refractivity contribution in [1.82, 2.24) is 5.32 Å². The molecule has 1 aliphatic heterocycles. The van der Waals surface area contributed by atoms with Gasteiger partial charge in [-0.3, -0.25) is 9.59 Å². The summed E-state index contributed by atoms with van der Waals surface area (Å²) in [4.78, 5) is 36.4. The lowest BCUT2D eigenvalue weighted by atomic mass is 9.72. The molecule has 1 aliphatic rings. The van der Waals surface area contributed by atoms with E-state index in [4.69, 9.17) is 14.1 Å². The Morgan fingerprint density at radius 1 is 1.27 bits per heavy atom. The predicted molar refractivity (Wildman–Crippen MR) is 111 cm³/mol. The molecule has 0 fully saturated rings. The third kappa shape index (κ3) is 6.22. The van der Waals surface area contributed by atoms with E-state index in [9.17, 15) is 19.4 Å². The van der Waals surface area contributed by atoms with Gasteiger partial charge in [-0.25, -0.2) is 4.79 Å². The first-order chi connectivity index (χ1) is 14.3. The number of fused-ring (bicyclic) bond motifs is 1. The molecule has 0 saturated carbocycles. The van der Waals surface area contributed by atoms with E-state index in [1.54, 1.807) is 32.9 Å². The van der Waals surface area contributed by atoms with Gasteiger partial charge in [0.2, 0.25) is 12.2 Å². The SMILES string of the molecule is CCCCC(=O)N[C@H]1Cc2cccc(C(=O)OC(OC(=O)CC)C(C)C)c2OB1O. The van der Waals surface area contributed by atoms with Crippen LogP contribution in [0.3, 0.4) is 0 Å². The Hall–Kier alpha value is -2.55. The molecule has 0 saturated heterocycles. The summed E-state index contributed by atoms with van der Waals surface area (Å²) in [6.45, 7) is 7.19. The zero-order valence-electron chi connectivity index (χ0n) is 18.0. The fourth-order valence-corrected chi connectivity index (χ4v) is 3.00. The Morgan fingerprint density at radius 2 is 2.00 bits per heavy atom. The minimum Gasteiger partial charge on any atom is -0.534 e. The lowest BCUT2D eigenvalue weighted by Gasteiger charge is -2.29. The number of esters is 2. The Kier molecular flexibility index (Phi) is 8.71. The van der Waals surface area contributed by atoms with Gasteiger partial charge in [0.05, 0.1) is 5.94 Å². The lowest BCUT2D eigenvalue weighted by molar-refractivity contribution is -0.175. The van der Waals surface area contributed by atoms with Gasteiger partial charge < -0.3 is 24.5 Å². The molecular weight excluding hydrogens is 389 g/mol. The summed E-state index contributed by atoms with van der Waals surface area (Å²) in [5, 5.41) is 13.1. The molecule has 0 aliphatic carbocycles. The van der Waals surface area contributed by atoms with Gasteiger partial charge in [-0.1, -0.05) is 46.2 Å². The molecule has 1 aromatic carbocycles.